The third-order valence-electron chi connectivity index (χ3n) is 3.34. The number of hydrogen-bond acceptors (Lipinski definition) is 4. The van der Waals surface area contributed by atoms with Gasteiger partial charge in [-0.15, -0.1) is 0 Å². The summed E-state index contributed by atoms with van der Waals surface area (Å²) in [7, 11) is 1.71. The second-order valence-corrected chi connectivity index (χ2v) is 6.37. The molecule has 1 amide bonds. The Hall–Kier alpha value is -0.810. The van der Waals surface area contributed by atoms with Crippen LogP contribution in [0.5, 0.6) is 0 Å². The van der Waals surface area contributed by atoms with Crippen molar-refractivity contribution in [2.45, 2.75) is 58.1 Å². The lowest BCUT2D eigenvalue weighted by Gasteiger charge is -2.37. The Morgan fingerprint density at radius 3 is 2.75 bits per heavy atom. The highest BCUT2D eigenvalue weighted by Crippen LogP contribution is 2.19. The molecule has 1 N–H and O–H groups in total. The van der Waals surface area contributed by atoms with Crippen LogP contribution in [0.25, 0.3) is 0 Å². The summed E-state index contributed by atoms with van der Waals surface area (Å²) in [6.45, 7) is 9.06. The van der Waals surface area contributed by atoms with E-state index in [-0.39, 0.29) is 12.1 Å². The maximum absolute atomic E-state index is 12.2. The quantitative estimate of drug-likeness (QED) is 0.762. The van der Waals surface area contributed by atoms with E-state index in [1.54, 1.807) is 7.11 Å². The van der Waals surface area contributed by atoms with E-state index in [1.165, 1.54) is 6.42 Å². The molecular weight excluding hydrogens is 256 g/mol. The van der Waals surface area contributed by atoms with E-state index in [1.807, 2.05) is 25.7 Å². The molecule has 0 aromatic carbocycles. The monoisotopic (exact) mass is 286 g/mol. The number of piperidine rings is 1. The fourth-order valence-corrected chi connectivity index (χ4v) is 2.38. The van der Waals surface area contributed by atoms with Gasteiger partial charge in [-0.1, -0.05) is 0 Å². The lowest BCUT2D eigenvalue weighted by molar-refractivity contribution is 0.00993. The van der Waals surface area contributed by atoms with Crippen LogP contribution >= 0.6 is 0 Å². The zero-order valence-corrected chi connectivity index (χ0v) is 13.4. The molecule has 0 unspecified atom stereocenters. The van der Waals surface area contributed by atoms with E-state index in [2.05, 4.69) is 5.32 Å². The molecule has 1 fully saturated rings. The van der Waals surface area contributed by atoms with Gasteiger partial charge in [-0.3, -0.25) is 0 Å². The summed E-state index contributed by atoms with van der Waals surface area (Å²) in [5, 5.41) is 3.41. The van der Waals surface area contributed by atoms with E-state index < -0.39 is 5.60 Å². The van der Waals surface area contributed by atoms with Gasteiger partial charge in [0.05, 0.1) is 0 Å². The second-order valence-electron chi connectivity index (χ2n) is 6.37. The van der Waals surface area contributed by atoms with Crippen LogP contribution in [0.15, 0.2) is 0 Å². The highest BCUT2D eigenvalue weighted by atomic mass is 16.6. The number of nitrogens with zero attached hydrogens (tertiary/aromatic N) is 1. The zero-order valence-electron chi connectivity index (χ0n) is 13.4. The van der Waals surface area contributed by atoms with Gasteiger partial charge in [0.15, 0.2) is 0 Å². The lowest BCUT2D eigenvalue weighted by atomic mass is 10.0. The number of carbonyl (C=O) groups excluding carboxylic acids is 1. The predicted molar refractivity (Wildman–Crippen MR) is 79.9 cm³/mol. The maximum atomic E-state index is 12.2. The zero-order chi connectivity index (χ0) is 15.0. The van der Waals surface area contributed by atoms with Crippen molar-refractivity contribution in [3.8, 4) is 0 Å². The molecule has 20 heavy (non-hydrogen) atoms. The SMILES string of the molecule is COCCCNC[C@H]1CCCCN1C(=O)OC(C)(C)C. The summed E-state index contributed by atoms with van der Waals surface area (Å²) in [5.41, 5.74) is -0.426. The number of likely N-dealkylation sites (tertiary alicyclic amines) is 1. The summed E-state index contributed by atoms with van der Waals surface area (Å²) >= 11 is 0. The van der Waals surface area contributed by atoms with Crippen molar-refractivity contribution in [1.82, 2.24) is 10.2 Å². The molecular formula is C15H30N2O3. The Kier molecular flexibility index (Phi) is 7.30. The van der Waals surface area contributed by atoms with Gasteiger partial charge in [0.25, 0.3) is 0 Å². The topological polar surface area (TPSA) is 50.8 Å². The summed E-state index contributed by atoms with van der Waals surface area (Å²) < 4.78 is 10.5. The van der Waals surface area contributed by atoms with Crippen LogP contribution in [0.3, 0.4) is 0 Å². The van der Waals surface area contributed by atoms with Crippen LogP contribution in [-0.4, -0.2) is 56.0 Å². The molecule has 118 valence electrons. The van der Waals surface area contributed by atoms with Gasteiger partial charge >= 0.3 is 6.09 Å². The minimum atomic E-state index is -0.426. The van der Waals surface area contributed by atoms with E-state index in [0.717, 1.165) is 45.5 Å². The van der Waals surface area contributed by atoms with Gasteiger partial charge in [0, 0.05) is 32.8 Å². The van der Waals surface area contributed by atoms with Gasteiger partial charge in [-0.25, -0.2) is 4.79 Å². The van der Waals surface area contributed by atoms with Crippen LogP contribution < -0.4 is 5.32 Å². The van der Waals surface area contributed by atoms with Crippen molar-refractivity contribution in [3.63, 3.8) is 0 Å². The highest BCUT2D eigenvalue weighted by molar-refractivity contribution is 5.68. The smallest absolute Gasteiger partial charge is 0.410 e. The molecule has 0 radical (unpaired) electrons. The first kappa shape index (κ1) is 17.2. The molecule has 1 aliphatic heterocycles. The second kappa shape index (κ2) is 8.47. The number of carbonyl (C=O) groups is 1. The molecule has 0 aliphatic carbocycles. The van der Waals surface area contributed by atoms with Gasteiger partial charge in [-0.05, 0) is 53.0 Å². The summed E-state index contributed by atoms with van der Waals surface area (Å²) in [4.78, 5) is 14.1. The Bertz CT molecular complexity index is 289. The number of ether oxygens (including phenoxy) is 2. The molecule has 0 aromatic rings. The lowest BCUT2D eigenvalue weighted by Crippen LogP contribution is -2.50. The minimum Gasteiger partial charge on any atom is -0.444 e. The van der Waals surface area contributed by atoms with Crippen molar-refractivity contribution < 1.29 is 14.3 Å². The van der Waals surface area contributed by atoms with Gasteiger partial charge in [0.1, 0.15) is 5.60 Å². The van der Waals surface area contributed by atoms with Gasteiger partial charge < -0.3 is 19.7 Å². The number of hydrogen-bond donors (Lipinski definition) is 1. The van der Waals surface area contributed by atoms with Crippen LogP contribution in [-0.2, 0) is 9.47 Å². The molecule has 0 bridgehead atoms. The standard InChI is InChI=1S/C15H30N2O3/c1-15(2,3)20-14(18)17-10-6-5-8-13(17)12-16-9-7-11-19-4/h13,16H,5-12H2,1-4H3/t13-/m1/s1. The molecule has 1 aliphatic rings. The normalized spacial score (nSPS) is 20.0. The highest BCUT2D eigenvalue weighted by Gasteiger charge is 2.29. The average Bonchev–Trinajstić information content (AvgIpc) is 2.37. The summed E-state index contributed by atoms with van der Waals surface area (Å²) in [5.74, 6) is 0. The van der Waals surface area contributed by atoms with Crippen LogP contribution in [0, 0.1) is 0 Å². The summed E-state index contributed by atoms with van der Waals surface area (Å²) in [6.07, 6.45) is 4.12. The van der Waals surface area contributed by atoms with E-state index in [0.29, 0.717) is 0 Å². The fraction of sp³-hybridized carbons (Fsp3) is 0.933. The molecule has 0 saturated carbocycles. The fourth-order valence-electron chi connectivity index (χ4n) is 2.38. The molecule has 1 rings (SSSR count). The molecule has 5 heteroatoms. The van der Waals surface area contributed by atoms with E-state index >= 15 is 0 Å². The van der Waals surface area contributed by atoms with Gasteiger partial charge in [0.2, 0.25) is 0 Å². The van der Waals surface area contributed by atoms with Crippen LogP contribution in [0.2, 0.25) is 0 Å². The van der Waals surface area contributed by atoms with Gasteiger partial charge in [-0.2, -0.15) is 0 Å². The molecule has 0 aromatic heterocycles. The Morgan fingerprint density at radius 2 is 2.10 bits per heavy atom. The third kappa shape index (κ3) is 6.57. The molecule has 1 saturated heterocycles. The maximum Gasteiger partial charge on any atom is 0.410 e. The van der Waals surface area contributed by atoms with Crippen LogP contribution in [0.1, 0.15) is 46.5 Å². The van der Waals surface area contributed by atoms with Crippen molar-refractivity contribution >= 4 is 6.09 Å². The molecule has 1 heterocycles. The van der Waals surface area contributed by atoms with Crippen molar-refractivity contribution in [2.24, 2.45) is 0 Å². The Balaban J connectivity index is 2.39. The molecule has 0 spiro atoms. The number of rotatable bonds is 6. The molecule has 5 nitrogen and oxygen atoms in total. The first-order chi connectivity index (χ1) is 9.44. The number of methoxy groups -OCH3 is 1. The van der Waals surface area contributed by atoms with E-state index in [4.69, 9.17) is 9.47 Å². The molecule has 1 atom stereocenters. The predicted octanol–water partition coefficient (Wildman–Crippen LogP) is 2.40. The Morgan fingerprint density at radius 1 is 1.35 bits per heavy atom. The third-order valence-corrected chi connectivity index (χ3v) is 3.34. The summed E-state index contributed by atoms with van der Waals surface area (Å²) in [6, 6.07) is 0.251. The Labute approximate surface area is 123 Å². The number of nitrogens with one attached hydrogen (secondary N) is 1. The van der Waals surface area contributed by atoms with Crippen molar-refractivity contribution in [2.75, 3.05) is 33.4 Å². The van der Waals surface area contributed by atoms with Crippen LogP contribution in [0.4, 0.5) is 4.79 Å². The first-order valence-corrected chi connectivity index (χ1v) is 7.63. The van der Waals surface area contributed by atoms with Crippen molar-refractivity contribution in [3.05, 3.63) is 0 Å². The number of amides is 1. The minimum absolute atomic E-state index is 0.180. The van der Waals surface area contributed by atoms with Crippen molar-refractivity contribution in [1.29, 1.82) is 0 Å². The largest absolute Gasteiger partial charge is 0.444 e. The van der Waals surface area contributed by atoms with E-state index in [9.17, 15) is 4.79 Å². The first-order valence-electron chi connectivity index (χ1n) is 7.63. The average molecular weight is 286 g/mol.